The lowest BCUT2D eigenvalue weighted by atomic mass is 10.0. The minimum absolute atomic E-state index is 0.0210. The monoisotopic (exact) mass is 463 g/mol. The van der Waals surface area contributed by atoms with Crippen molar-refractivity contribution in [2.24, 2.45) is 0 Å². The van der Waals surface area contributed by atoms with Gasteiger partial charge in [-0.3, -0.25) is 9.48 Å². The predicted molar refractivity (Wildman–Crippen MR) is 110 cm³/mol. The summed E-state index contributed by atoms with van der Waals surface area (Å²) >= 11 is 7.30. The number of hydrogen-bond donors (Lipinski definition) is 1. The molecule has 0 saturated heterocycles. The third kappa shape index (κ3) is 5.51. The van der Waals surface area contributed by atoms with Crippen LogP contribution in [-0.4, -0.2) is 25.9 Å². The first-order valence-electron chi connectivity index (χ1n) is 10.2. The zero-order chi connectivity index (χ0) is 21.9. The second-order valence-corrected chi connectivity index (χ2v) is 8.92. The third-order valence-corrected chi connectivity index (χ3v) is 6.52. The van der Waals surface area contributed by atoms with E-state index in [4.69, 9.17) is 11.6 Å². The van der Waals surface area contributed by atoms with E-state index < -0.39 is 11.9 Å². The summed E-state index contributed by atoms with van der Waals surface area (Å²) in [4.78, 5) is 12.3. The highest BCUT2D eigenvalue weighted by Gasteiger charge is 2.42. The number of amides is 1. The Kier molecular flexibility index (Phi) is 7.38. The van der Waals surface area contributed by atoms with E-state index >= 15 is 0 Å². The summed E-state index contributed by atoms with van der Waals surface area (Å²) in [6.45, 7) is 4.26. The maximum atomic E-state index is 13.1. The smallest absolute Gasteiger partial charge is 0.300 e. The van der Waals surface area contributed by atoms with Gasteiger partial charge in [-0.15, -0.1) is 10.2 Å². The van der Waals surface area contributed by atoms with Crippen LogP contribution in [0.2, 0.25) is 5.02 Å². The standard InChI is InChI=1S/C19H25ClF3N5OS/c1-3-5-6-11(4-2)17-25-26-18(30-17)24-13(29)9-10-28-15(12-7-8-12)14(20)16(27-28)19(21,22)23/h11-12H,3-10H2,1-2H3,(H,24,26,29)/t11-/m1/s1. The largest absolute Gasteiger partial charge is 0.436 e. The molecular formula is C19H25ClF3N5OS. The maximum Gasteiger partial charge on any atom is 0.436 e. The molecule has 0 aromatic carbocycles. The lowest BCUT2D eigenvalue weighted by molar-refractivity contribution is -0.141. The number of nitrogens with zero attached hydrogens (tertiary/aromatic N) is 4. The van der Waals surface area contributed by atoms with Crippen molar-refractivity contribution >= 4 is 34.0 Å². The summed E-state index contributed by atoms with van der Waals surface area (Å²) in [5.74, 6) is -0.0496. The molecule has 0 unspecified atom stereocenters. The fourth-order valence-corrected chi connectivity index (χ4v) is 4.72. The Balaban J connectivity index is 1.62. The Morgan fingerprint density at radius 3 is 2.67 bits per heavy atom. The van der Waals surface area contributed by atoms with Crippen LogP contribution in [0.15, 0.2) is 0 Å². The minimum Gasteiger partial charge on any atom is -0.300 e. The van der Waals surface area contributed by atoms with Crippen molar-refractivity contribution in [2.75, 3.05) is 5.32 Å². The first-order chi connectivity index (χ1) is 14.2. The number of aryl methyl sites for hydroxylation is 1. The molecule has 166 valence electrons. The SMILES string of the molecule is CCCC[C@@H](CC)c1nnc(NC(=O)CCn2nc(C(F)(F)F)c(Cl)c2C2CC2)s1. The number of unbranched alkanes of at least 4 members (excludes halogenated alkanes) is 1. The highest BCUT2D eigenvalue weighted by atomic mass is 35.5. The first-order valence-corrected chi connectivity index (χ1v) is 11.4. The van der Waals surface area contributed by atoms with E-state index in [2.05, 4.69) is 34.5 Å². The van der Waals surface area contributed by atoms with Gasteiger partial charge in [0.15, 0.2) is 5.69 Å². The summed E-state index contributed by atoms with van der Waals surface area (Å²) in [7, 11) is 0. The molecule has 1 aliphatic rings. The van der Waals surface area contributed by atoms with Crippen LogP contribution in [0.3, 0.4) is 0 Å². The van der Waals surface area contributed by atoms with Gasteiger partial charge in [0.2, 0.25) is 11.0 Å². The molecule has 0 radical (unpaired) electrons. The lowest BCUT2D eigenvalue weighted by Crippen LogP contribution is -2.16. The number of anilines is 1. The summed E-state index contributed by atoms with van der Waals surface area (Å²) in [5.41, 5.74) is -0.713. The number of aromatic nitrogens is 4. The van der Waals surface area contributed by atoms with E-state index in [1.54, 1.807) is 0 Å². The van der Waals surface area contributed by atoms with Crippen LogP contribution in [0, 0.1) is 0 Å². The van der Waals surface area contributed by atoms with Crippen LogP contribution >= 0.6 is 22.9 Å². The topological polar surface area (TPSA) is 72.7 Å². The van der Waals surface area contributed by atoms with Crippen molar-refractivity contribution in [3.63, 3.8) is 0 Å². The fourth-order valence-electron chi connectivity index (χ4n) is 3.34. The number of hydrogen-bond acceptors (Lipinski definition) is 5. The predicted octanol–water partition coefficient (Wildman–Crippen LogP) is 6.00. The van der Waals surface area contributed by atoms with Crippen molar-refractivity contribution in [3.8, 4) is 0 Å². The van der Waals surface area contributed by atoms with Crippen molar-refractivity contribution < 1.29 is 18.0 Å². The Hall–Kier alpha value is -1.68. The van der Waals surface area contributed by atoms with Gasteiger partial charge in [-0.05, 0) is 25.7 Å². The molecule has 0 aliphatic heterocycles. The summed E-state index contributed by atoms with van der Waals surface area (Å²) < 4.78 is 40.6. The van der Waals surface area contributed by atoms with Crippen molar-refractivity contribution in [1.29, 1.82) is 0 Å². The minimum atomic E-state index is -4.62. The molecule has 2 heterocycles. The number of carbonyl (C=O) groups is 1. The molecule has 3 rings (SSSR count). The first kappa shape index (κ1) is 23.0. The fraction of sp³-hybridized carbons (Fsp3) is 0.684. The van der Waals surface area contributed by atoms with E-state index in [-0.39, 0.29) is 29.8 Å². The summed E-state index contributed by atoms with van der Waals surface area (Å²) in [5, 5.41) is 15.5. The molecule has 1 N–H and O–H groups in total. The van der Waals surface area contributed by atoms with Gasteiger partial charge in [0, 0.05) is 18.3 Å². The van der Waals surface area contributed by atoms with E-state index in [9.17, 15) is 18.0 Å². The van der Waals surface area contributed by atoms with Crippen molar-refractivity contribution in [1.82, 2.24) is 20.0 Å². The lowest BCUT2D eigenvalue weighted by Gasteiger charge is -2.09. The molecule has 1 fully saturated rings. The Bertz CT molecular complexity index is 878. The number of carbonyl (C=O) groups excluding carboxylic acids is 1. The normalized spacial score (nSPS) is 15.4. The van der Waals surface area contributed by atoms with Gasteiger partial charge in [0.1, 0.15) is 5.01 Å². The van der Waals surface area contributed by atoms with Gasteiger partial charge < -0.3 is 5.32 Å². The second kappa shape index (κ2) is 9.64. The van der Waals surface area contributed by atoms with E-state index in [0.29, 0.717) is 16.7 Å². The van der Waals surface area contributed by atoms with E-state index in [1.807, 2.05) is 0 Å². The Morgan fingerprint density at radius 2 is 2.07 bits per heavy atom. The molecule has 1 atom stereocenters. The number of halogens is 4. The van der Waals surface area contributed by atoms with Gasteiger partial charge in [-0.2, -0.15) is 18.3 Å². The molecule has 1 aliphatic carbocycles. The van der Waals surface area contributed by atoms with Crippen LogP contribution < -0.4 is 5.32 Å². The molecule has 1 saturated carbocycles. The van der Waals surface area contributed by atoms with Crippen molar-refractivity contribution in [2.45, 2.75) is 83.4 Å². The Morgan fingerprint density at radius 1 is 1.33 bits per heavy atom. The number of nitrogens with one attached hydrogen (secondary N) is 1. The van der Waals surface area contributed by atoms with Gasteiger partial charge >= 0.3 is 6.18 Å². The summed E-state index contributed by atoms with van der Waals surface area (Å²) in [6, 6.07) is 0. The van der Waals surface area contributed by atoms with E-state index in [1.165, 1.54) is 16.0 Å². The van der Waals surface area contributed by atoms with Gasteiger partial charge in [-0.1, -0.05) is 49.6 Å². The molecule has 2 aromatic heterocycles. The zero-order valence-electron chi connectivity index (χ0n) is 16.9. The number of alkyl halides is 3. The van der Waals surface area contributed by atoms with Gasteiger partial charge in [0.25, 0.3) is 0 Å². The third-order valence-electron chi connectivity index (χ3n) is 5.15. The van der Waals surface area contributed by atoms with Crippen LogP contribution in [0.25, 0.3) is 0 Å². The highest BCUT2D eigenvalue weighted by Crippen LogP contribution is 2.46. The molecule has 0 spiro atoms. The van der Waals surface area contributed by atoms with Crippen LogP contribution in [0.4, 0.5) is 18.3 Å². The maximum absolute atomic E-state index is 13.1. The molecule has 6 nitrogen and oxygen atoms in total. The van der Waals surface area contributed by atoms with Gasteiger partial charge in [-0.25, -0.2) is 0 Å². The Labute approximate surface area is 182 Å². The highest BCUT2D eigenvalue weighted by molar-refractivity contribution is 7.15. The van der Waals surface area contributed by atoms with Crippen molar-refractivity contribution in [3.05, 3.63) is 21.4 Å². The molecule has 11 heteroatoms. The zero-order valence-corrected chi connectivity index (χ0v) is 18.5. The second-order valence-electron chi connectivity index (χ2n) is 7.53. The molecule has 30 heavy (non-hydrogen) atoms. The van der Waals surface area contributed by atoms with Crippen LogP contribution in [0.5, 0.6) is 0 Å². The molecule has 0 bridgehead atoms. The average molecular weight is 464 g/mol. The molecule has 2 aromatic rings. The van der Waals surface area contributed by atoms with Crippen LogP contribution in [-0.2, 0) is 17.5 Å². The average Bonchev–Trinajstić information content (AvgIpc) is 3.31. The molecular weight excluding hydrogens is 439 g/mol. The quantitative estimate of drug-likeness (QED) is 0.469. The van der Waals surface area contributed by atoms with Crippen LogP contribution in [0.1, 0.15) is 87.0 Å². The van der Waals surface area contributed by atoms with E-state index in [0.717, 1.165) is 43.5 Å². The summed E-state index contributed by atoms with van der Waals surface area (Å²) in [6.07, 6.45) is 1.10. The van der Waals surface area contributed by atoms with Gasteiger partial charge in [0.05, 0.1) is 17.3 Å². The molecule has 1 amide bonds. The number of rotatable bonds is 10.